The molecule has 4 heteroatoms. The molecule has 0 aromatic rings. The molecule has 2 atom stereocenters. The number of carbonyl (C=O) groups excluding carboxylic acids is 1. The summed E-state index contributed by atoms with van der Waals surface area (Å²) in [5.74, 6) is -0.358. The smallest absolute Gasteiger partial charge is 0.319 e. The van der Waals surface area contributed by atoms with Crippen LogP contribution in [0.3, 0.4) is 0 Å². The third-order valence-electron chi connectivity index (χ3n) is 3.47. The number of hydrogen-bond donors (Lipinski definition) is 0. The molecule has 96 valence electrons. The summed E-state index contributed by atoms with van der Waals surface area (Å²) in [6.07, 6.45) is 8.24. The van der Waals surface area contributed by atoms with E-state index in [4.69, 9.17) is 9.57 Å². The van der Waals surface area contributed by atoms with Crippen LogP contribution in [-0.2, 0) is 14.4 Å². The monoisotopic (exact) mass is 239 g/mol. The van der Waals surface area contributed by atoms with E-state index in [0.29, 0.717) is 6.61 Å². The van der Waals surface area contributed by atoms with E-state index in [1.165, 1.54) is 32.1 Å². The van der Waals surface area contributed by atoms with Gasteiger partial charge in [0.1, 0.15) is 12.5 Å². The second-order valence-electron chi connectivity index (χ2n) is 4.85. The van der Waals surface area contributed by atoms with Crippen molar-refractivity contribution in [3.05, 3.63) is 0 Å². The molecule has 0 aliphatic carbocycles. The van der Waals surface area contributed by atoms with Crippen LogP contribution in [0.15, 0.2) is 5.16 Å². The third-order valence-corrected chi connectivity index (χ3v) is 3.47. The molecule has 2 heterocycles. The molecule has 2 aliphatic rings. The summed E-state index contributed by atoms with van der Waals surface area (Å²) in [5, 5.41) is 4.02. The van der Waals surface area contributed by atoms with Crippen LogP contribution in [0, 0.1) is 5.92 Å². The second kappa shape index (κ2) is 6.03. The molecular weight excluding hydrogens is 218 g/mol. The van der Waals surface area contributed by atoms with Crippen molar-refractivity contribution in [2.24, 2.45) is 11.1 Å². The largest absolute Gasteiger partial charge is 0.461 e. The lowest BCUT2D eigenvalue weighted by molar-refractivity contribution is -0.139. The first-order valence-corrected chi connectivity index (χ1v) is 6.72. The summed E-state index contributed by atoms with van der Waals surface area (Å²) in [7, 11) is 0. The zero-order valence-electron chi connectivity index (χ0n) is 10.5. The first-order chi connectivity index (χ1) is 8.33. The van der Waals surface area contributed by atoms with Gasteiger partial charge >= 0.3 is 5.97 Å². The Morgan fingerprint density at radius 3 is 2.82 bits per heavy atom. The lowest BCUT2D eigenvalue weighted by Gasteiger charge is -2.04. The maximum Gasteiger partial charge on any atom is 0.319 e. The minimum Gasteiger partial charge on any atom is -0.461 e. The van der Waals surface area contributed by atoms with E-state index in [1.807, 2.05) is 0 Å². The molecule has 0 aromatic carbocycles. The minimum atomic E-state index is -0.203. The van der Waals surface area contributed by atoms with Crippen molar-refractivity contribution in [1.29, 1.82) is 0 Å². The number of ether oxygens (including phenoxy) is 1. The van der Waals surface area contributed by atoms with Crippen molar-refractivity contribution in [2.75, 3.05) is 6.61 Å². The maximum atomic E-state index is 11.5. The molecule has 0 unspecified atom stereocenters. The summed E-state index contributed by atoms with van der Waals surface area (Å²) in [5.41, 5.74) is 0.896. The number of fused-ring (bicyclic) bond motifs is 1. The van der Waals surface area contributed by atoms with Crippen molar-refractivity contribution in [3.8, 4) is 0 Å². The Morgan fingerprint density at radius 1 is 1.24 bits per heavy atom. The van der Waals surface area contributed by atoms with E-state index in [9.17, 15) is 4.79 Å². The summed E-state index contributed by atoms with van der Waals surface area (Å²) < 4.78 is 4.96. The molecule has 2 rings (SSSR count). The topological polar surface area (TPSA) is 47.9 Å². The zero-order chi connectivity index (χ0) is 12.1. The number of oxime groups is 1. The Morgan fingerprint density at radius 2 is 2.00 bits per heavy atom. The number of unbranched alkanes of at least 4 members (excludes halogenated alkanes) is 5. The van der Waals surface area contributed by atoms with Crippen molar-refractivity contribution >= 4 is 11.7 Å². The number of cyclic esters (lactones) is 1. The molecular formula is C13H21NO3. The highest BCUT2D eigenvalue weighted by Gasteiger charge is 2.46. The van der Waals surface area contributed by atoms with Crippen molar-refractivity contribution in [2.45, 2.75) is 58.0 Å². The lowest BCUT2D eigenvalue weighted by Crippen LogP contribution is -2.24. The van der Waals surface area contributed by atoms with Crippen LogP contribution in [0.1, 0.15) is 51.9 Å². The van der Waals surface area contributed by atoms with Crippen LogP contribution in [0.4, 0.5) is 0 Å². The molecule has 0 saturated carbocycles. The molecule has 0 spiro atoms. The van der Waals surface area contributed by atoms with E-state index in [0.717, 1.165) is 18.6 Å². The van der Waals surface area contributed by atoms with E-state index in [-0.39, 0.29) is 18.0 Å². The van der Waals surface area contributed by atoms with Crippen molar-refractivity contribution in [1.82, 2.24) is 0 Å². The van der Waals surface area contributed by atoms with Gasteiger partial charge in [-0.15, -0.1) is 0 Å². The van der Waals surface area contributed by atoms with Crippen LogP contribution in [0.25, 0.3) is 0 Å². The number of hydrogen-bond acceptors (Lipinski definition) is 4. The van der Waals surface area contributed by atoms with Crippen LogP contribution in [0.2, 0.25) is 0 Å². The summed E-state index contributed by atoms with van der Waals surface area (Å²) >= 11 is 0. The second-order valence-corrected chi connectivity index (χ2v) is 4.85. The fourth-order valence-electron chi connectivity index (χ4n) is 2.42. The first-order valence-electron chi connectivity index (χ1n) is 6.72. The Bertz CT molecular complexity index is 301. The van der Waals surface area contributed by atoms with Crippen LogP contribution >= 0.6 is 0 Å². The summed E-state index contributed by atoms with van der Waals surface area (Å²) in [4.78, 5) is 16.7. The average molecular weight is 239 g/mol. The van der Waals surface area contributed by atoms with Gasteiger partial charge in [-0.3, -0.25) is 4.79 Å². The highest BCUT2D eigenvalue weighted by Crippen LogP contribution is 2.28. The summed E-state index contributed by atoms with van der Waals surface area (Å²) in [6.45, 7) is 2.59. The molecule has 0 N–H and O–H groups in total. The van der Waals surface area contributed by atoms with Gasteiger partial charge in [0.15, 0.2) is 6.10 Å². The Hall–Kier alpha value is -1.06. The quantitative estimate of drug-likeness (QED) is 0.507. The van der Waals surface area contributed by atoms with Gasteiger partial charge in [0.25, 0.3) is 0 Å². The van der Waals surface area contributed by atoms with Crippen molar-refractivity contribution in [3.63, 3.8) is 0 Å². The van der Waals surface area contributed by atoms with E-state index < -0.39 is 0 Å². The average Bonchev–Trinajstić information content (AvgIpc) is 2.88. The van der Waals surface area contributed by atoms with Gasteiger partial charge in [0, 0.05) is 0 Å². The van der Waals surface area contributed by atoms with Gasteiger partial charge in [-0.1, -0.05) is 44.2 Å². The zero-order valence-corrected chi connectivity index (χ0v) is 10.5. The molecule has 0 aromatic heterocycles. The fourth-order valence-corrected chi connectivity index (χ4v) is 2.42. The number of carbonyl (C=O) groups is 1. The molecule has 2 aliphatic heterocycles. The maximum absolute atomic E-state index is 11.5. The number of rotatable bonds is 7. The molecule has 17 heavy (non-hydrogen) atoms. The van der Waals surface area contributed by atoms with Crippen LogP contribution in [0.5, 0.6) is 0 Å². The van der Waals surface area contributed by atoms with E-state index >= 15 is 0 Å². The van der Waals surface area contributed by atoms with Gasteiger partial charge in [0.05, 0.1) is 5.71 Å². The summed E-state index contributed by atoms with van der Waals surface area (Å²) in [6, 6.07) is 0. The van der Waals surface area contributed by atoms with Gasteiger partial charge in [-0.25, -0.2) is 0 Å². The Kier molecular flexibility index (Phi) is 4.40. The predicted octanol–water partition coefficient (Wildman–Crippen LogP) is 2.66. The van der Waals surface area contributed by atoms with Gasteiger partial charge in [-0.2, -0.15) is 0 Å². The predicted molar refractivity (Wildman–Crippen MR) is 64.8 cm³/mol. The Labute approximate surface area is 102 Å². The SMILES string of the molecule is CCCCCCCCC1=NO[C@@H]2COC(=O)[C@H]12. The Balaban J connectivity index is 1.64. The molecule has 0 radical (unpaired) electrons. The highest BCUT2D eigenvalue weighted by atomic mass is 16.7. The van der Waals surface area contributed by atoms with Gasteiger partial charge in [-0.05, 0) is 12.8 Å². The lowest BCUT2D eigenvalue weighted by atomic mass is 9.95. The molecule has 1 saturated heterocycles. The standard InChI is InChI=1S/C13H21NO3/c1-2-3-4-5-6-7-8-10-12-11(17-14-10)9-16-13(12)15/h11-12H,2-9H2,1H3/t11-,12-/m1/s1. The van der Waals surface area contributed by atoms with E-state index in [1.54, 1.807) is 0 Å². The minimum absolute atomic E-state index is 0.141. The van der Waals surface area contributed by atoms with Crippen LogP contribution < -0.4 is 0 Å². The fraction of sp³-hybridized carbons (Fsp3) is 0.846. The molecule has 0 amide bonds. The third kappa shape index (κ3) is 2.99. The van der Waals surface area contributed by atoms with Crippen molar-refractivity contribution < 1.29 is 14.4 Å². The van der Waals surface area contributed by atoms with Gasteiger partial charge in [0.2, 0.25) is 0 Å². The van der Waals surface area contributed by atoms with E-state index in [2.05, 4.69) is 12.1 Å². The first kappa shape index (κ1) is 12.4. The molecule has 1 fully saturated rings. The van der Waals surface area contributed by atoms with Crippen LogP contribution in [-0.4, -0.2) is 24.4 Å². The highest BCUT2D eigenvalue weighted by molar-refractivity contribution is 6.04. The number of esters is 1. The molecule has 0 bridgehead atoms. The van der Waals surface area contributed by atoms with Gasteiger partial charge < -0.3 is 9.57 Å². The number of nitrogens with zero attached hydrogens (tertiary/aromatic N) is 1. The normalized spacial score (nSPS) is 26.4. The molecule has 4 nitrogen and oxygen atoms in total.